The predicted molar refractivity (Wildman–Crippen MR) is 91.0 cm³/mol. The van der Waals surface area contributed by atoms with Crippen LogP contribution in [0.2, 0.25) is 0 Å². The molecule has 0 N–H and O–H groups in total. The summed E-state index contributed by atoms with van der Waals surface area (Å²) in [5.41, 5.74) is 3.08. The van der Waals surface area contributed by atoms with Gasteiger partial charge >= 0.3 is 0 Å². The SMILES string of the molecule is Cn1ncc(CN2CCC(c3nnc4ccc(C5CC5)nn34)CC2)n1. The Balaban J connectivity index is 1.30. The first-order valence-corrected chi connectivity index (χ1v) is 9.06. The zero-order valence-electron chi connectivity index (χ0n) is 14.4. The van der Waals surface area contributed by atoms with Crippen LogP contribution in [0.15, 0.2) is 18.3 Å². The summed E-state index contributed by atoms with van der Waals surface area (Å²) in [4.78, 5) is 4.06. The Kier molecular flexibility index (Phi) is 3.51. The lowest BCUT2D eigenvalue weighted by molar-refractivity contribution is 0.198. The van der Waals surface area contributed by atoms with Crippen LogP contribution in [0, 0.1) is 0 Å². The molecule has 1 saturated carbocycles. The maximum absolute atomic E-state index is 4.82. The van der Waals surface area contributed by atoms with Crippen molar-refractivity contribution in [2.45, 2.75) is 44.1 Å². The van der Waals surface area contributed by atoms with Gasteiger partial charge < -0.3 is 0 Å². The van der Waals surface area contributed by atoms with E-state index in [0.29, 0.717) is 11.8 Å². The molecule has 25 heavy (non-hydrogen) atoms. The predicted octanol–water partition coefficient (Wildman–Crippen LogP) is 1.51. The quantitative estimate of drug-likeness (QED) is 0.718. The zero-order valence-corrected chi connectivity index (χ0v) is 14.4. The smallest absolute Gasteiger partial charge is 0.177 e. The summed E-state index contributed by atoms with van der Waals surface area (Å²) < 4.78 is 1.98. The fourth-order valence-corrected chi connectivity index (χ4v) is 3.71. The molecule has 0 atom stereocenters. The molecule has 4 heterocycles. The maximum atomic E-state index is 4.82. The standard InChI is InChI=1S/C17H22N8/c1-23-18-10-14(21-23)11-24-8-6-13(7-9-24)17-20-19-16-5-4-15(12-2-3-12)22-25(16)17/h4-5,10,12-13H,2-3,6-9,11H2,1H3. The lowest BCUT2D eigenvalue weighted by Gasteiger charge is -2.30. The molecule has 0 spiro atoms. The number of likely N-dealkylation sites (tertiary alicyclic amines) is 1. The average Bonchev–Trinajstić information content (AvgIpc) is 3.28. The molecule has 0 radical (unpaired) electrons. The topological polar surface area (TPSA) is 77.0 Å². The van der Waals surface area contributed by atoms with Crippen LogP contribution >= 0.6 is 0 Å². The van der Waals surface area contributed by atoms with Gasteiger partial charge in [-0.1, -0.05) is 0 Å². The highest BCUT2D eigenvalue weighted by atomic mass is 15.5. The second kappa shape index (κ2) is 5.87. The number of hydrogen-bond acceptors (Lipinski definition) is 6. The molecule has 2 aliphatic rings. The molecular weight excluding hydrogens is 316 g/mol. The van der Waals surface area contributed by atoms with Crippen LogP contribution in [0.1, 0.15) is 54.7 Å². The first kappa shape index (κ1) is 14.9. The summed E-state index contributed by atoms with van der Waals surface area (Å²) >= 11 is 0. The van der Waals surface area contributed by atoms with Crippen molar-refractivity contribution in [3.63, 3.8) is 0 Å². The van der Waals surface area contributed by atoms with Gasteiger partial charge in [0.25, 0.3) is 0 Å². The monoisotopic (exact) mass is 338 g/mol. The van der Waals surface area contributed by atoms with Crippen LogP contribution in [-0.4, -0.2) is 52.8 Å². The van der Waals surface area contributed by atoms with Gasteiger partial charge in [0, 0.05) is 25.4 Å². The third-order valence-electron chi connectivity index (χ3n) is 5.29. The van der Waals surface area contributed by atoms with Crippen molar-refractivity contribution in [3.05, 3.63) is 35.5 Å². The molecule has 2 fully saturated rings. The molecule has 3 aromatic heterocycles. The van der Waals surface area contributed by atoms with E-state index in [9.17, 15) is 0 Å². The van der Waals surface area contributed by atoms with Crippen molar-refractivity contribution >= 4 is 5.65 Å². The van der Waals surface area contributed by atoms with E-state index in [2.05, 4.69) is 37.4 Å². The van der Waals surface area contributed by atoms with Crippen LogP contribution in [0.4, 0.5) is 0 Å². The van der Waals surface area contributed by atoms with Crippen molar-refractivity contribution in [3.8, 4) is 0 Å². The normalized spacial score (nSPS) is 19.7. The third-order valence-corrected chi connectivity index (χ3v) is 5.29. The van der Waals surface area contributed by atoms with Crippen LogP contribution < -0.4 is 0 Å². The van der Waals surface area contributed by atoms with E-state index >= 15 is 0 Å². The minimum absolute atomic E-state index is 0.426. The first-order chi connectivity index (χ1) is 12.3. The van der Waals surface area contributed by atoms with Crippen LogP contribution in [0.5, 0.6) is 0 Å². The minimum atomic E-state index is 0.426. The number of hydrogen-bond donors (Lipinski definition) is 0. The number of aromatic nitrogens is 7. The average molecular weight is 338 g/mol. The van der Waals surface area contributed by atoms with E-state index in [0.717, 1.165) is 49.6 Å². The summed E-state index contributed by atoms with van der Waals surface area (Å²) in [6.07, 6.45) is 6.53. The molecule has 8 heteroatoms. The summed E-state index contributed by atoms with van der Waals surface area (Å²) in [6, 6.07) is 4.16. The molecule has 8 nitrogen and oxygen atoms in total. The Labute approximate surface area is 145 Å². The molecule has 0 aromatic carbocycles. The highest BCUT2D eigenvalue weighted by Gasteiger charge is 2.28. The van der Waals surface area contributed by atoms with Crippen molar-refractivity contribution in [2.75, 3.05) is 13.1 Å². The molecule has 5 rings (SSSR count). The lowest BCUT2D eigenvalue weighted by atomic mass is 9.96. The number of rotatable bonds is 4. The molecule has 0 unspecified atom stereocenters. The number of fused-ring (bicyclic) bond motifs is 1. The van der Waals surface area contributed by atoms with E-state index < -0.39 is 0 Å². The number of aryl methyl sites for hydroxylation is 1. The number of piperidine rings is 1. The second-order valence-corrected chi connectivity index (χ2v) is 7.24. The van der Waals surface area contributed by atoms with Crippen molar-refractivity contribution < 1.29 is 0 Å². The third kappa shape index (κ3) is 2.90. The van der Waals surface area contributed by atoms with Gasteiger partial charge in [-0.25, -0.2) is 0 Å². The molecule has 130 valence electrons. The highest BCUT2D eigenvalue weighted by molar-refractivity contribution is 5.38. The highest BCUT2D eigenvalue weighted by Crippen LogP contribution is 2.39. The van der Waals surface area contributed by atoms with Gasteiger partial charge in [-0.05, 0) is 50.9 Å². The van der Waals surface area contributed by atoms with Gasteiger partial charge in [0.15, 0.2) is 11.5 Å². The van der Waals surface area contributed by atoms with Gasteiger partial charge in [0.2, 0.25) is 0 Å². The van der Waals surface area contributed by atoms with E-state index in [-0.39, 0.29) is 0 Å². The Bertz CT molecular complexity index is 885. The van der Waals surface area contributed by atoms with E-state index in [1.165, 1.54) is 18.5 Å². The van der Waals surface area contributed by atoms with E-state index in [1.54, 1.807) is 4.80 Å². The fraction of sp³-hybridized carbons (Fsp3) is 0.588. The van der Waals surface area contributed by atoms with Gasteiger partial charge in [-0.15, -0.1) is 10.2 Å². The number of nitrogens with zero attached hydrogens (tertiary/aromatic N) is 8. The van der Waals surface area contributed by atoms with E-state index in [1.807, 2.05) is 17.8 Å². The first-order valence-electron chi connectivity index (χ1n) is 9.06. The Morgan fingerprint density at radius 2 is 1.84 bits per heavy atom. The molecule has 1 aliphatic carbocycles. The molecule has 3 aromatic rings. The summed E-state index contributed by atoms with van der Waals surface area (Å²) in [7, 11) is 1.86. The van der Waals surface area contributed by atoms with Crippen LogP contribution in [-0.2, 0) is 13.6 Å². The molecule has 0 bridgehead atoms. The maximum Gasteiger partial charge on any atom is 0.177 e. The minimum Gasteiger partial charge on any atom is -0.297 e. The zero-order chi connectivity index (χ0) is 16.8. The largest absolute Gasteiger partial charge is 0.297 e. The van der Waals surface area contributed by atoms with Crippen LogP contribution in [0.3, 0.4) is 0 Å². The van der Waals surface area contributed by atoms with Crippen molar-refractivity contribution in [2.24, 2.45) is 7.05 Å². The second-order valence-electron chi connectivity index (χ2n) is 7.24. The summed E-state index contributed by atoms with van der Waals surface area (Å²) in [6.45, 7) is 2.95. The van der Waals surface area contributed by atoms with Gasteiger partial charge in [-0.2, -0.15) is 24.6 Å². The van der Waals surface area contributed by atoms with Gasteiger partial charge in [0.05, 0.1) is 17.6 Å². The van der Waals surface area contributed by atoms with Crippen LogP contribution in [0.25, 0.3) is 5.65 Å². The van der Waals surface area contributed by atoms with Gasteiger partial charge in [0.1, 0.15) is 0 Å². The summed E-state index contributed by atoms with van der Waals surface area (Å²) in [5, 5.41) is 22.1. The van der Waals surface area contributed by atoms with Crippen molar-refractivity contribution in [1.29, 1.82) is 0 Å². The van der Waals surface area contributed by atoms with Gasteiger partial charge in [-0.3, -0.25) is 4.90 Å². The fourth-order valence-electron chi connectivity index (χ4n) is 3.71. The summed E-state index contributed by atoms with van der Waals surface area (Å²) in [5.74, 6) is 2.10. The molecular formula is C17H22N8. The molecule has 0 amide bonds. The van der Waals surface area contributed by atoms with Crippen molar-refractivity contribution in [1.82, 2.24) is 39.7 Å². The Hall–Kier alpha value is -2.35. The molecule has 1 aliphatic heterocycles. The Morgan fingerprint density at radius 1 is 1.00 bits per heavy atom. The lowest BCUT2D eigenvalue weighted by Crippen LogP contribution is -2.33. The Morgan fingerprint density at radius 3 is 2.56 bits per heavy atom. The van der Waals surface area contributed by atoms with E-state index in [4.69, 9.17) is 5.10 Å². The molecule has 1 saturated heterocycles.